The number of H-pyrrole nitrogens is 1. The van der Waals surface area contributed by atoms with Crippen LogP contribution >= 0.6 is 0 Å². The third kappa shape index (κ3) is 3.72. The molecule has 2 aliphatic rings. The maximum Gasteiger partial charge on any atom is 0.230 e. The van der Waals surface area contributed by atoms with Crippen LogP contribution < -0.4 is 0 Å². The van der Waals surface area contributed by atoms with Crippen LogP contribution in [0.15, 0.2) is 24.5 Å². The quantitative estimate of drug-likeness (QED) is 0.826. The van der Waals surface area contributed by atoms with Crippen LogP contribution in [-0.2, 0) is 11.2 Å². The minimum Gasteiger partial charge on any atom is -0.392 e. The van der Waals surface area contributed by atoms with E-state index in [2.05, 4.69) is 32.1 Å². The monoisotopic (exact) mass is 370 g/mol. The van der Waals surface area contributed by atoms with Gasteiger partial charge in [0.1, 0.15) is 5.82 Å². The predicted molar refractivity (Wildman–Crippen MR) is 99.7 cm³/mol. The van der Waals surface area contributed by atoms with Crippen LogP contribution in [0.4, 0.5) is 0 Å². The molecule has 1 amide bonds. The third-order valence-electron chi connectivity index (χ3n) is 5.83. The van der Waals surface area contributed by atoms with Crippen LogP contribution in [-0.4, -0.2) is 80.3 Å². The summed E-state index contributed by atoms with van der Waals surface area (Å²) in [6, 6.07) is 3.67. The SMILES string of the molecule is CN1CC[C@H](O)[C@@]2(CCCN(C(=O)Cc3nc(-c4ccncc4)n[nH]3)C2)C1. The summed E-state index contributed by atoms with van der Waals surface area (Å²) in [7, 11) is 2.09. The maximum atomic E-state index is 12.9. The Kier molecular flexibility index (Phi) is 4.92. The lowest BCUT2D eigenvalue weighted by Crippen LogP contribution is -2.59. The summed E-state index contributed by atoms with van der Waals surface area (Å²) >= 11 is 0. The van der Waals surface area contributed by atoms with Crippen molar-refractivity contribution >= 4 is 5.91 Å². The van der Waals surface area contributed by atoms with Gasteiger partial charge in [-0.3, -0.25) is 14.9 Å². The molecule has 0 saturated carbocycles. The number of piperidine rings is 2. The summed E-state index contributed by atoms with van der Waals surface area (Å²) < 4.78 is 0. The Bertz CT molecular complexity index is 795. The zero-order valence-electron chi connectivity index (χ0n) is 15.6. The second-order valence-electron chi connectivity index (χ2n) is 7.84. The number of likely N-dealkylation sites (tertiary alicyclic amines) is 2. The van der Waals surface area contributed by atoms with Gasteiger partial charge in [-0.25, -0.2) is 4.98 Å². The molecule has 4 heterocycles. The van der Waals surface area contributed by atoms with Crippen molar-refractivity contribution < 1.29 is 9.90 Å². The first-order valence-electron chi connectivity index (χ1n) is 9.52. The first kappa shape index (κ1) is 18.1. The Labute approximate surface area is 158 Å². The number of amides is 1. The van der Waals surface area contributed by atoms with E-state index < -0.39 is 0 Å². The Morgan fingerprint density at radius 1 is 1.33 bits per heavy atom. The van der Waals surface area contributed by atoms with Crippen molar-refractivity contribution in [3.8, 4) is 11.4 Å². The van der Waals surface area contributed by atoms with Crippen LogP contribution in [0.1, 0.15) is 25.1 Å². The minimum atomic E-state index is -0.340. The molecule has 8 heteroatoms. The average Bonchev–Trinajstić information content (AvgIpc) is 3.14. The Hall–Kier alpha value is -2.32. The highest BCUT2D eigenvalue weighted by molar-refractivity contribution is 5.78. The fraction of sp³-hybridized carbons (Fsp3) is 0.579. The van der Waals surface area contributed by atoms with Crippen molar-refractivity contribution in [1.82, 2.24) is 30.0 Å². The molecule has 2 aliphatic heterocycles. The second-order valence-corrected chi connectivity index (χ2v) is 7.84. The first-order chi connectivity index (χ1) is 13.1. The Morgan fingerprint density at radius 2 is 2.15 bits per heavy atom. The highest BCUT2D eigenvalue weighted by atomic mass is 16.3. The van der Waals surface area contributed by atoms with E-state index in [9.17, 15) is 9.90 Å². The van der Waals surface area contributed by atoms with E-state index in [1.54, 1.807) is 12.4 Å². The number of nitrogens with zero attached hydrogens (tertiary/aromatic N) is 5. The van der Waals surface area contributed by atoms with Crippen LogP contribution in [0.2, 0.25) is 0 Å². The number of nitrogens with one attached hydrogen (secondary N) is 1. The van der Waals surface area contributed by atoms with Gasteiger partial charge in [-0.15, -0.1) is 0 Å². The lowest BCUT2D eigenvalue weighted by atomic mass is 9.71. The topological polar surface area (TPSA) is 98.2 Å². The Morgan fingerprint density at radius 3 is 2.96 bits per heavy atom. The van der Waals surface area contributed by atoms with E-state index in [1.807, 2.05) is 17.0 Å². The number of aromatic amines is 1. The molecule has 1 spiro atoms. The number of pyridine rings is 1. The van der Waals surface area contributed by atoms with Crippen molar-refractivity contribution in [2.75, 3.05) is 33.2 Å². The molecule has 27 heavy (non-hydrogen) atoms. The van der Waals surface area contributed by atoms with Gasteiger partial charge in [-0.05, 0) is 38.4 Å². The van der Waals surface area contributed by atoms with E-state index in [0.717, 1.165) is 44.5 Å². The summed E-state index contributed by atoms with van der Waals surface area (Å²) in [5, 5.41) is 17.7. The van der Waals surface area contributed by atoms with Crippen molar-refractivity contribution in [3.05, 3.63) is 30.4 Å². The maximum absolute atomic E-state index is 12.9. The molecule has 2 atom stereocenters. The van der Waals surface area contributed by atoms with Gasteiger partial charge >= 0.3 is 0 Å². The number of rotatable bonds is 3. The van der Waals surface area contributed by atoms with Gasteiger partial charge in [0.25, 0.3) is 0 Å². The molecule has 2 aromatic heterocycles. The number of aromatic nitrogens is 4. The number of hydrogen-bond donors (Lipinski definition) is 2. The van der Waals surface area contributed by atoms with Crippen LogP contribution in [0, 0.1) is 5.41 Å². The molecule has 2 fully saturated rings. The highest BCUT2D eigenvalue weighted by Gasteiger charge is 2.45. The highest BCUT2D eigenvalue weighted by Crippen LogP contribution is 2.38. The molecular formula is C19H26N6O2. The molecule has 0 bridgehead atoms. The summed E-state index contributed by atoms with van der Waals surface area (Å²) in [6.45, 7) is 3.10. The smallest absolute Gasteiger partial charge is 0.230 e. The minimum absolute atomic E-state index is 0.0342. The lowest BCUT2D eigenvalue weighted by molar-refractivity contribution is -0.140. The van der Waals surface area contributed by atoms with E-state index in [4.69, 9.17) is 0 Å². The Balaban J connectivity index is 1.43. The van der Waals surface area contributed by atoms with Crippen LogP contribution in [0.25, 0.3) is 11.4 Å². The van der Waals surface area contributed by atoms with E-state index in [1.165, 1.54) is 0 Å². The van der Waals surface area contributed by atoms with Crippen molar-refractivity contribution in [3.63, 3.8) is 0 Å². The molecule has 2 aromatic rings. The third-order valence-corrected chi connectivity index (χ3v) is 5.83. The van der Waals surface area contributed by atoms with E-state index in [-0.39, 0.29) is 23.8 Å². The molecule has 0 radical (unpaired) electrons. The van der Waals surface area contributed by atoms with Crippen molar-refractivity contribution in [1.29, 1.82) is 0 Å². The fourth-order valence-electron chi connectivity index (χ4n) is 4.40. The van der Waals surface area contributed by atoms with Gasteiger partial charge in [0.2, 0.25) is 5.91 Å². The standard InChI is InChI=1S/C19H26N6O2/c1-24-10-5-15(26)19(12-24)6-2-9-25(13-19)17(27)11-16-21-18(23-22-16)14-3-7-20-8-4-14/h3-4,7-8,15,26H,2,5-6,9-13H2,1H3,(H,21,22,23)/t15-,19-/m0/s1. The van der Waals surface area contributed by atoms with Gasteiger partial charge in [0, 0.05) is 49.6 Å². The van der Waals surface area contributed by atoms with Crippen molar-refractivity contribution in [2.45, 2.75) is 31.8 Å². The summed E-state index contributed by atoms with van der Waals surface area (Å²) in [5.74, 6) is 1.17. The molecular weight excluding hydrogens is 344 g/mol. The summed E-state index contributed by atoms with van der Waals surface area (Å²) in [6.07, 6.45) is 5.90. The average molecular weight is 370 g/mol. The number of carbonyl (C=O) groups is 1. The van der Waals surface area contributed by atoms with Crippen molar-refractivity contribution in [2.24, 2.45) is 5.41 Å². The molecule has 0 unspecified atom stereocenters. The number of hydrogen-bond acceptors (Lipinski definition) is 6. The first-order valence-corrected chi connectivity index (χ1v) is 9.52. The zero-order valence-corrected chi connectivity index (χ0v) is 15.6. The van der Waals surface area contributed by atoms with E-state index >= 15 is 0 Å². The van der Waals surface area contributed by atoms with E-state index in [0.29, 0.717) is 18.2 Å². The fourth-order valence-corrected chi connectivity index (χ4v) is 4.40. The molecule has 0 aliphatic carbocycles. The predicted octanol–water partition coefficient (Wildman–Crippen LogP) is 0.714. The second kappa shape index (κ2) is 7.36. The number of aliphatic hydroxyl groups is 1. The van der Waals surface area contributed by atoms with Crippen LogP contribution in [0.5, 0.6) is 0 Å². The zero-order chi connectivity index (χ0) is 18.9. The molecule has 2 N–H and O–H groups in total. The van der Waals surface area contributed by atoms with Gasteiger partial charge < -0.3 is 14.9 Å². The molecule has 144 valence electrons. The summed E-state index contributed by atoms with van der Waals surface area (Å²) in [4.78, 5) is 25.4. The molecule has 4 rings (SSSR count). The molecule has 2 saturated heterocycles. The molecule has 0 aromatic carbocycles. The number of aliphatic hydroxyl groups excluding tert-OH is 1. The van der Waals surface area contributed by atoms with Crippen LogP contribution in [0.3, 0.4) is 0 Å². The van der Waals surface area contributed by atoms with Gasteiger partial charge in [-0.1, -0.05) is 0 Å². The van der Waals surface area contributed by atoms with Gasteiger partial charge in [-0.2, -0.15) is 5.10 Å². The largest absolute Gasteiger partial charge is 0.392 e. The molecule has 8 nitrogen and oxygen atoms in total. The summed E-state index contributed by atoms with van der Waals surface area (Å²) in [5.41, 5.74) is 0.662. The normalized spacial score (nSPS) is 26.4. The number of carbonyl (C=O) groups excluding carboxylic acids is 1. The van der Waals surface area contributed by atoms with Gasteiger partial charge in [0.15, 0.2) is 5.82 Å². The van der Waals surface area contributed by atoms with Gasteiger partial charge in [0.05, 0.1) is 12.5 Å². The lowest BCUT2D eigenvalue weighted by Gasteiger charge is -2.50.